The summed E-state index contributed by atoms with van der Waals surface area (Å²) in [4.78, 5) is 0. The minimum absolute atomic E-state index is 0.150. The highest BCUT2D eigenvalue weighted by atomic mass is 16.2. The van der Waals surface area contributed by atoms with Gasteiger partial charge in [0, 0.05) is 6.61 Å². The summed E-state index contributed by atoms with van der Waals surface area (Å²) in [5.74, 6) is 0. The highest BCUT2D eigenvalue weighted by molar-refractivity contribution is 5.49. The number of aliphatic hydroxyl groups excluding tert-OH is 1. The molecule has 0 unspecified atom stereocenters. The van der Waals surface area contributed by atoms with Gasteiger partial charge in [-0.25, -0.2) is 4.68 Å². The summed E-state index contributed by atoms with van der Waals surface area (Å²) in [6, 6.07) is 17.6. The maximum atomic E-state index is 9.00. The lowest BCUT2D eigenvalue weighted by molar-refractivity contribution is 0.299. The number of nitrogens with zero attached hydrogens (tertiary/aromatic N) is 5. The SMILES string of the molecule is N#Cc1ccc(N(Cc2ccc(CCO)cc2)n2cnnc2)cc1. The van der Waals surface area contributed by atoms with Crippen molar-refractivity contribution in [3.8, 4) is 6.07 Å². The molecule has 0 bridgehead atoms. The van der Waals surface area contributed by atoms with Crippen molar-refractivity contribution in [2.75, 3.05) is 11.6 Å². The Morgan fingerprint density at radius 2 is 1.58 bits per heavy atom. The summed E-state index contributed by atoms with van der Waals surface area (Å²) in [5.41, 5.74) is 3.79. The second kappa shape index (κ2) is 7.40. The topological polar surface area (TPSA) is 78.0 Å². The zero-order chi connectivity index (χ0) is 16.8. The molecule has 0 amide bonds. The fourth-order valence-corrected chi connectivity index (χ4v) is 2.45. The molecular formula is C18H17N5O. The van der Waals surface area contributed by atoms with Gasteiger partial charge in [0.05, 0.1) is 23.9 Å². The van der Waals surface area contributed by atoms with Gasteiger partial charge in [-0.05, 0) is 41.8 Å². The fourth-order valence-electron chi connectivity index (χ4n) is 2.45. The van der Waals surface area contributed by atoms with Crippen LogP contribution in [0.1, 0.15) is 16.7 Å². The predicted octanol–water partition coefficient (Wildman–Crippen LogP) is 2.15. The van der Waals surface area contributed by atoms with Crippen molar-refractivity contribution < 1.29 is 5.11 Å². The number of rotatable bonds is 6. The molecule has 0 saturated carbocycles. The molecular weight excluding hydrogens is 302 g/mol. The third-order valence-corrected chi connectivity index (χ3v) is 3.74. The molecule has 24 heavy (non-hydrogen) atoms. The van der Waals surface area contributed by atoms with E-state index in [0.29, 0.717) is 18.5 Å². The molecule has 3 rings (SSSR count). The van der Waals surface area contributed by atoms with Gasteiger partial charge >= 0.3 is 0 Å². The lowest BCUT2D eigenvalue weighted by Gasteiger charge is -2.25. The van der Waals surface area contributed by atoms with Crippen molar-refractivity contribution in [2.24, 2.45) is 0 Å². The smallest absolute Gasteiger partial charge is 0.139 e. The van der Waals surface area contributed by atoms with Crippen molar-refractivity contribution in [2.45, 2.75) is 13.0 Å². The van der Waals surface area contributed by atoms with Gasteiger partial charge in [0.15, 0.2) is 0 Å². The lowest BCUT2D eigenvalue weighted by atomic mass is 10.1. The number of aromatic nitrogens is 3. The van der Waals surface area contributed by atoms with E-state index in [-0.39, 0.29) is 6.61 Å². The van der Waals surface area contributed by atoms with Gasteiger partial charge < -0.3 is 5.11 Å². The van der Waals surface area contributed by atoms with Crippen LogP contribution < -0.4 is 5.01 Å². The van der Waals surface area contributed by atoms with Gasteiger partial charge in [-0.15, -0.1) is 10.2 Å². The van der Waals surface area contributed by atoms with Crippen molar-refractivity contribution in [1.29, 1.82) is 5.26 Å². The first-order valence-electron chi connectivity index (χ1n) is 7.61. The molecule has 0 fully saturated rings. The molecule has 0 atom stereocenters. The van der Waals surface area contributed by atoms with Crippen LogP contribution in [0.5, 0.6) is 0 Å². The van der Waals surface area contributed by atoms with Gasteiger partial charge in [0.1, 0.15) is 12.7 Å². The maximum absolute atomic E-state index is 9.00. The average molecular weight is 319 g/mol. The summed E-state index contributed by atoms with van der Waals surface area (Å²) < 4.78 is 1.81. The first-order chi connectivity index (χ1) is 11.8. The van der Waals surface area contributed by atoms with E-state index >= 15 is 0 Å². The third-order valence-electron chi connectivity index (χ3n) is 3.74. The molecule has 0 saturated heterocycles. The Labute approximate surface area is 140 Å². The van der Waals surface area contributed by atoms with E-state index in [1.165, 1.54) is 0 Å². The summed E-state index contributed by atoms with van der Waals surface area (Å²) in [6.45, 7) is 0.779. The summed E-state index contributed by atoms with van der Waals surface area (Å²) in [6.07, 6.45) is 3.93. The molecule has 120 valence electrons. The molecule has 3 aromatic rings. The van der Waals surface area contributed by atoms with Crippen molar-refractivity contribution in [3.63, 3.8) is 0 Å². The molecule has 0 aliphatic rings. The minimum atomic E-state index is 0.150. The Bertz CT molecular complexity index is 804. The van der Waals surface area contributed by atoms with Crippen LogP contribution in [0.3, 0.4) is 0 Å². The van der Waals surface area contributed by atoms with Gasteiger partial charge in [-0.2, -0.15) is 5.26 Å². The molecule has 0 spiro atoms. The van der Waals surface area contributed by atoms with Crippen LogP contribution in [0, 0.1) is 11.3 Å². The Balaban J connectivity index is 1.86. The number of benzene rings is 2. The molecule has 6 nitrogen and oxygen atoms in total. The van der Waals surface area contributed by atoms with E-state index < -0.39 is 0 Å². The van der Waals surface area contributed by atoms with Crippen LogP contribution in [0.15, 0.2) is 61.2 Å². The van der Waals surface area contributed by atoms with Gasteiger partial charge in [-0.1, -0.05) is 24.3 Å². The van der Waals surface area contributed by atoms with Crippen LogP contribution in [0.25, 0.3) is 0 Å². The molecule has 0 aliphatic heterocycles. The van der Waals surface area contributed by atoms with Crippen LogP contribution in [-0.4, -0.2) is 26.6 Å². The average Bonchev–Trinajstić information content (AvgIpc) is 3.16. The largest absolute Gasteiger partial charge is 0.396 e. The van der Waals surface area contributed by atoms with Crippen molar-refractivity contribution in [1.82, 2.24) is 14.9 Å². The zero-order valence-electron chi connectivity index (χ0n) is 13.1. The minimum Gasteiger partial charge on any atom is -0.396 e. The van der Waals surface area contributed by atoms with Crippen molar-refractivity contribution >= 4 is 5.69 Å². The maximum Gasteiger partial charge on any atom is 0.139 e. The Morgan fingerprint density at radius 3 is 2.17 bits per heavy atom. The third kappa shape index (κ3) is 3.59. The lowest BCUT2D eigenvalue weighted by Crippen LogP contribution is -2.27. The summed E-state index contributed by atoms with van der Waals surface area (Å²) in [5, 5.41) is 27.7. The number of nitriles is 1. The molecule has 6 heteroatoms. The highest BCUT2D eigenvalue weighted by Gasteiger charge is 2.10. The quantitative estimate of drug-likeness (QED) is 0.753. The molecule has 1 heterocycles. The Hall–Kier alpha value is -3.17. The van der Waals surface area contributed by atoms with E-state index in [4.69, 9.17) is 10.4 Å². The standard InChI is InChI=1S/C18H17N5O/c19-11-16-5-7-18(8-6-16)23(22-13-20-21-14-22)12-17-3-1-15(2-4-17)9-10-24/h1-8,13-14,24H,9-10,12H2. The van der Waals surface area contributed by atoms with Crippen LogP contribution in [-0.2, 0) is 13.0 Å². The normalized spacial score (nSPS) is 10.3. The number of aliphatic hydroxyl groups is 1. The second-order valence-electron chi connectivity index (χ2n) is 5.35. The fraction of sp³-hybridized carbons (Fsp3) is 0.167. The van der Waals surface area contributed by atoms with E-state index in [0.717, 1.165) is 16.8 Å². The highest BCUT2D eigenvalue weighted by Crippen LogP contribution is 2.19. The monoisotopic (exact) mass is 319 g/mol. The number of hydrogen-bond donors (Lipinski definition) is 1. The van der Waals surface area contributed by atoms with E-state index in [1.54, 1.807) is 24.8 Å². The molecule has 1 aromatic heterocycles. The Morgan fingerprint density at radius 1 is 0.958 bits per heavy atom. The number of hydrogen-bond acceptors (Lipinski definition) is 5. The molecule has 2 aromatic carbocycles. The van der Waals surface area contributed by atoms with Gasteiger partial charge in [0.2, 0.25) is 0 Å². The van der Waals surface area contributed by atoms with Crippen LogP contribution >= 0.6 is 0 Å². The summed E-state index contributed by atoms with van der Waals surface area (Å²) in [7, 11) is 0. The van der Waals surface area contributed by atoms with Crippen molar-refractivity contribution in [3.05, 3.63) is 77.9 Å². The summed E-state index contributed by atoms with van der Waals surface area (Å²) >= 11 is 0. The van der Waals surface area contributed by atoms with Gasteiger partial charge in [-0.3, -0.25) is 5.01 Å². The number of anilines is 1. The predicted molar refractivity (Wildman–Crippen MR) is 90.0 cm³/mol. The molecule has 0 radical (unpaired) electrons. The van der Waals surface area contributed by atoms with Crippen LogP contribution in [0.4, 0.5) is 5.69 Å². The van der Waals surface area contributed by atoms with Gasteiger partial charge in [0.25, 0.3) is 0 Å². The van der Waals surface area contributed by atoms with E-state index in [1.807, 2.05) is 46.1 Å². The van der Waals surface area contributed by atoms with E-state index in [9.17, 15) is 0 Å². The molecule has 0 aliphatic carbocycles. The first kappa shape index (κ1) is 15.7. The van der Waals surface area contributed by atoms with E-state index in [2.05, 4.69) is 16.3 Å². The van der Waals surface area contributed by atoms with Crippen LogP contribution in [0.2, 0.25) is 0 Å². The zero-order valence-corrected chi connectivity index (χ0v) is 13.1. The second-order valence-corrected chi connectivity index (χ2v) is 5.35. The first-order valence-corrected chi connectivity index (χ1v) is 7.61. The Kier molecular flexibility index (Phi) is 4.84. The molecule has 1 N–H and O–H groups in total.